The summed E-state index contributed by atoms with van der Waals surface area (Å²) in [4.78, 5) is 22.9. The Bertz CT molecular complexity index is 949. The predicted octanol–water partition coefficient (Wildman–Crippen LogP) is -0.200. The number of aromatic nitrogens is 2. The first-order valence-electron chi connectivity index (χ1n) is 6.46. The van der Waals surface area contributed by atoms with Crippen molar-refractivity contribution in [3.8, 4) is 0 Å². The van der Waals surface area contributed by atoms with Crippen molar-refractivity contribution < 1.29 is 40.7 Å². The number of anilines is 1. The van der Waals surface area contributed by atoms with E-state index < -0.39 is 10.8 Å². The van der Waals surface area contributed by atoms with Crippen LogP contribution < -0.4 is 34.9 Å². The average Bonchev–Trinajstić information content (AvgIpc) is 3.09. The zero-order chi connectivity index (χ0) is 15.3. The van der Waals surface area contributed by atoms with E-state index in [0.29, 0.717) is 11.1 Å². The van der Waals surface area contributed by atoms with Gasteiger partial charge in [-0.1, -0.05) is 18.2 Å². The molecule has 1 atom stereocenters. The molecule has 2 heterocycles. The van der Waals surface area contributed by atoms with Gasteiger partial charge >= 0.3 is 29.6 Å². The van der Waals surface area contributed by atoms with Crippen molar-refractivity contribution >= 4 is 40.0 Å². The van der Waals surface area contributed by atoms with E-state index in [1.54, 1.807) is 6.07 Å². The summed E-state index contributed by atoms with van der Waals surface area (Å²) in [7, 11) is 0. The fourth-order valence-corrected chi connectivity index (χ4v) is 3.35. The largest absolute Gasteiger partial charge is 1.00 e. The zero-order valence-corrected chi connectivity index (χ0v) is 14.8. The molecule has 1 amide bonds. The van der Waals surface area contributed by atoms with Crippen molar-refractivity contribution in [2.24, 2.45) is 0 Å². The SMILES string of the molecule is O=C1Nc2ccccc2C1c1ccc([N+](=O)[O-])c2nsnc12.[H-].[Na+]. The van der Waals surface area contributed by atoms with E-state index >= 15 is 0 Å². The van der Waals surface area contributed by atoms with Gasteiger partial charge in [0, 0.05) is 11.8 Å². The molecule has 0 fully saturated rings. The first kappa shape index (κ1) is 16.0. The molecule has 0 aliphatic carbocycles. The average molecular weight is 336 g/mol. The van der Waals surface area contributed by atoms with E-state index in [4.69, 9.17) is 0 Å². The van der Waals surface area contributed by atoms with E-state index in [0.717, 1.165) is 23.0 Å². The van der Waals surface area contributed by atoms with Crippen LogP contribution in [0.3, 0.4) is 0 Å². The van der Waals surface area contributed by atoms with E-state index in [1.807, 2.05) is 24.3 Å². The molecule has 0 bridgehead atoms. The molecular weight excluding hydrogens is 327 g/mol. The molecule has 1 aliphatic rings. The van der Waals surface area contributed by atoms with Crippen molar-refractivity contribution in [3.63, 3.8) is 0 Å². The standard InChI is InChI=1S/C14H8N4O3S.Na.H/c19-14-11(7-3-1-2-4-9(7)15-14)8-5-6-10(18(20)21)13-12(8)16-22-17-13;;/h1-6,11H,(H,15,19);;/q;+1;-1. The number of nitro benzene ring substituents is 1. The molecule has 1 aliphatic heterocycles. The van der Waals surface area contributed by atoms with Gasteiger partial charge in [0.15, 0.2) is 5.52 Å². The number of para-hydroxylation sites is 1. The molecule has 9 heteroatoms. The maximum atomic E-state index is 12.3. The van der Waals surface area contributed by atoms with Gasteiger partial charge in [-0.2, -0.15) is 8.75 Å². The summed E-state index contributed by atoms with van der Waals surface area (Å²) in [6, 6.07) is 10.4. The molecule has 2 aromatic carbocycles. The van der Waals surface area contributed by atoms with E-state index in [-0.39, 0.29) is 48.1 Å². The Balaban J connectivity index is 0.00000104. The van der Waals surface area contributed by atoms with Gasteiger partial charge in [0.05, 0.1) is 22.6 Å². The smallest absolute Gasteiger partial charge is 1.00 e. The maximum absolute atomic E-state index is 12.3. The molecule has 1 aromatic heterocycles. The number of non-ortho nitro benzene ring substituents is 1. The fraction of sp³-hybridized carbons (Fsp3) is 0.0714. The van der Waals surface area contributed by atoms with Gasteiger partial charge in [0.2, 0.25) is 5.91 Å². The Morgan fingerprint density at radius 2 is 1.87 bits per heavy atom. The summed E-state index contributed by atoms with van der Waals surface area (Å²) >= 11 is 0.904. The van der Waals surface area contributed by atoms with Gasteiger partial charge in [0.25, 0.3) is 5.69 Å². The van der Waals surface area contributed by atoms with Crippen LogP contribution in [-0.2, 0) is 4.79 Å². The predicted molar refractivity (Wildman–Crippen MR) is 82.1 cm³/mol. The van der Waals surface area contributed by atoms with Crippen LogP contribution in [-0.4, -0.2) is 19.6 Å². The summed E-state index contributed by atoms with van der Waals surface area (Å²) in [6.45, 7) is 0. The van der Waals surface area contributed by atoms with E-state index in [1.165, 1.54) is 6.07 Å². The molecule has 4 rings (SSSR count). The van der Waals surface area contributed by atoms with Crippen LogP contribution in [0.5, 0.6) is 0 Å². The van der Waals surface area contributed by atoms with Gasteiger partial charge in [-0.25, -0.2) is 0 Å². The number of hydrogen-bond acceptors (Lipinski definition) is 6. The van der Waals surface area contributed by atoms with Crippen LogP contribution in [0.25, 0.3) is 11.0 Å². The number of nitro groups is 1. The monoisotopic (exact) mass is 336 g/mol. The quantitative estimate of drug-likeness (QED) is 0.397. The fourth-order valence-electron chi connectivity index (χ4n) is 2.77. The number of fused-ring (bicyclic) bond motifs is 2. The number of carbonyl (C=O) groups excluding carboxylic acids is 1. The second-order valence-electron chi connectivity index (χ2n) is 4.90. The number of nitrogens with one attached hydrogen (secondary N) is 1. The molecule has 3 aromatic rings. The molecule has 0 radical (unpaired) electrons. The third-order valence-corrected chi connectivity index (χ3v) is 4.25. The summed E-state index contributed by atoms with van der Waals surface area (Å²) < 4.78 is 8.17. The van der Waals surface area contributed by atoms with Crippen LogP contribution in [0.15, 0.2) is 36.4 Å². The Morgan fingerprint density at radius 3 is 2.65 bits per heavy atom. The molecular formula is C14H9N4NaO3S. The summed E-state index contributed by atoms with van der Waals surface area (Å²) in [5, 5.41) is 13.9. The van der Waals surface area contributed by atoms with Crippen molar-refractivity contribution in [2.45, 2.75) is 5.92 Å². The molecule has 110 valence electrons. The zero-order valence-electron chi connectivity index (χ0n) is 13.0. The van der Waals surface area contributed by atoms with Crippen molar-refractivity contribution in [1.29, 1.82) is 0 Å². The van der Waals surface area contributed by atoms with Crippen LogP contribution in [0.2, 0.25) is 0 Å². The number of benzene rings is 2. The minimum Gasteiger partial charge on any atom is -1.00 e. The molecule has 23 heavy (non-hydrogen) atoms. The van der Waals surface area contributed by atoms with Crippen LogP contribution in [0.1, 0.15) is 18.5 Å². The minimum atomic E-state index is -0.525. The van der Waals surface area contributed by atoms with Gasteiger partial charge in [-0.05, 0) is 23.3 Å². The Labute approximate surface area is 158 Å². The summed E-state index contributed by atoms with van der Waals surface area (Å²) in [5.74, 6) is -0.687. The van der Waals surface area contributed by atoms with Gasteiger partial charge in [-0.3, -0.25) is 14.9 Å². The normalized spacial score (nSPS) is 15.8. The maximum Gasteiger partial charge on any atom is 1.00 e. The second kappa shape index (κ2) is 5.97. The molecule has 1 N–H and O–H groups in total. The van der Waals surface area contributed by atoms with E-state index in [2.05, 4.69) is 14.1 Å². The number of hydrogen-bond donors (Lipinski definition) is 1. The third-order valence-electron chi connectivity index (χ3n) is 3.72. The third kappa shape index (κ3) is 2.43. The second-order valence-corrected chi connectivity index (χ2v) is 5.43. The van der Waals surface area contributed by atoms with Crippen LogP contribution in [0.4, 0.5) is 11.4 Å². The van der Waals surface area contributed by atoms with Crippen LogP contribution in [0, 0.1) is 10.1 Å². The number of amides is 1. The van der Waals surface area contributed by atoms with Gasteiger partial charge < -0.3 is 6.74 Å². The first-order valence-corrected chi connectivity index (χ1v) is 7.19. The van der Waals surface area contributed by atoms with Gasteiger partial charge in [-0.15, -0.1) is 0 Å². The minimum absolute atomic E-state index is 0. The molecule has 0 saturated carbocycles. The topological polar surface area (TPSA) is 98.0 Å². The molecule has 0 saturated heterocycles. The van der Waals surface area contributed by atoms with Crippen molar-refractivity contribution in [2.75, 3.05) is 5.32 Å². The van der Waals surface area contributed by atoms with Crippen molar-refractivity contribution in [3.05, 3.63) is 57.6 Å². The first-order chi connectivity index (χ1) is 10.7. The number of nitrogens with zero attached hydrogens (tertiary/aromatic N) is 3. The molecule has 7 nitrogen and oxygen atoms in total. The molecule has 0 spiro atoms. The summed E-state index contributed by atoms with van der Waals surface area (Å²) in [6.07, 6.45) is 0. The van der Waals surface area contributed by atoms with Crippen molar-refractivity contribution in [1.82, 2.24) is 8.75 Å². The van der Waals surface area contributed by atoms with Crippen LogP contribution >= 0.6 is 11.7 Å². The Hall–Kier alpha value is -1.87. The number of rotatable bonds is 2. The summed E-state index contributed by atoms with van der Waals surface area (Å²) in [5.41, 5.74) is 2.78. The van der Waals surface area contributed by atoms with E-state index in [9.17, 15) is 14.9 Å². The molecule has 1 unspecified atom stereocenters. The Kier molecular flexibility index (Phi) is 4.15. The van der Waals surface area contributed by atoms with Gasteiger partial charge in [0.1, 0.15) is 5.52 Å². The Morgan fingerprint density at radius 1 is 1.13 bits per heavy atom. The number of carbonyl (C=O) groups is 1.